The number of aryl methyl sites for hydroxylation is 4. The van der Waals surface area contributed by atoms with E-state index in [0.29, 0.717) is 0 Å². The molecular formula is C69H54S3. The average Bonchev–Trinajstić information content (AvgIpc) is 4.12. The van der Waals surface area contributed by atoms with Gasteiger partial charge in [-0.15, -0.1) is 34.0 Å². The lowest BCUT2D eigenvalue weighted by atomic mass is 9.79. The normalized spacial score (nSPS) is 16.2. The number of allylic oxidation sites excluding steroid dienone is 7. The highest BCUT2D eigenvalue weighted by molar-refractivity contribution is 7.26. The SMILES string of the molecule is Cc1cc(C2=CCCc3c2sc2c3CCC=C2)ccc1C1=CC(c2cccc(-c3ccc(-c4cccc5c6c(sc45)CCC=C6)cc3C)c2)CC(c2ccc(-c3cccc4c3sc3ccccc34)cc2C)=C1. The molecule has 0 amide bonds. The molecule has 0 nitrogen and oxygen atoms in total. The highest BCUT2D eigenvalue weighted by Crippen LogP contribution is 2.47. The third-order valence-electron chi connectivity index (χ3n) is 16.1. The zero-order valence-electron chi connectivity index (χ0n) is 41.1. The van der Waals surface area contributed by atoms with Crippen LogP contribution in [0.15, 0.2) is 170 Å². The lowest BCUT2D eigenvalue weighted by Gasteiger charge is -2.26. The molecule has 0 N–H and O–H groups in total. The first-order valence-corrected chi connectivity index (χ1v) is 28.3. The smallest absolute Gasteiger partial charge is 0.0433 e. The Kier molecular flexibility index (Phi) is 10.8. The van der Waals surface area contributed by atoms with Gasteiger partial charge in [-0.05, 0) is 184 Å². The Morgan fingerprint density at radius 1 is 0.486 bits per heavy atom. The molecule has 0 fully saturated rings. The standard InChI is InChI=1S/C69H54S3/c1-41-34-46(55-19-11-22-61-58-16-4-7-25-64(58)70-67(55)61)28-31-52(41)45-15-10-14-44(37-45)49-38-50(53-32-29-47(35-42(53)2)56-20-12-23-62-59-17-5-8-26-65(59)71-68(56)62)40-51(39-49)54-33-30-48(36-43(54)3)57-21-13-24-63-60-18-6-9-27-66(60)72-69(57)63/h4-5,8-12,14-17,19-23,26-37,39-40,49H,6-7,13,18,24-25,38H2,1-3H3. The van der Waals surface area contributed by atoms with Crippen molar-refractivity contribution in [2.75, 3.05) is 0 Å². The maximum atomic E-state index is 2.57. The van der Waals surface area contributed by atoms with E-state index in [-0.39, 0.29) is 5.92 Å². The van der Waals surface area contributed by atoms with Crippen LogP contribution >= 0.6 is 34.0 Å². The predicted molar refractivity (Wildman–Crippen MR) is 316 cm³/mol. The number of hydrogen-bond donors (Lipinski definition) is 0. The van der Waals surface area contributed by atoms with Crippen LogP contribution in [0.25, 0.3) is 92.5 Å². The van der Waals surface area contributed by atoms with Gasteiger partial charge in [0.05, 0.1) is 0 Å². The van der Waals surface area contributed by atoms with Gasteiger partial charge in [-0.3, -0.25) is 0 Å². The monoisotopic (exact) mass is 978 g/mol. The van der Waals surface area contributed by atoms with E-state index in [2.05, 4.69) is 203 Å². The Balaban J connectivity index is 0.835. The van der Waals surface area contributed by atoms with Crippen LogP contribution in [-0.4, -0.2) is 0 Å². The van der Waals surface area contributed by atoms with Crippen molar-refractivity contribution in [3.8, 4) is 33.4 Å². The van der Waals surface area contributed by atoms with E-state index in [0.717, 1.165) is 38.5 Å². The molecule has 4 aliphatic carbocycles. The molecule has 1 unspecified atom stereocenters. The lowest BCUT2D eigenvalue weighted by Crippen LogP contribution is -2.06. The van der Waals surface area contributed by atoms with Crippen LogP contribution < -0.4 is 0 Å². The fourth-order valence-corrected chi connectivity index (χ4v) is 16.5. The van der Waals surface area contributed by atoms with E-state index >= 15 is 0 Å². The third kappa shape index (κ3) is 7.43. The maximum absolute atomic E-state index is 2.57. The Morgan fingerprint density at radius 3 is 1.99 bits per heavy atom. The summed E-state index contributed by atoms with van der Waals surface area (Å²) >= 11 is 5.90. The molecule has 72 heavy (non-hydrogen) atoms. The van der Waals surface area contributed by atoms with Crippen LogP contribution in [0.3, 0.4) is 0 Å². The molecule has 3 aromatic heterocycles. The summed E-state index contributed by atoms with van der Waals surface area (Å²) in [6.45, 7) is 6.94. The minimum absolute atomic E-state index is 0.204. The van der Waals surface area contributed by atoms with E-state index in [1.165, 1.54) is 146 Å². The lowest BCUT2D eigenvalue weighted by molar-refractivity contribution is 0.870. The van der Waals surface area contributed by atoms with Crippen LogP contribution in [0, 0.1) is 20.8 Å². The summed E-state index contributed by atoms with van der Waals surface area (Å²) in [7, 11) is 0. The fraction of sp³-hybridized carbons (Fsp3) is 0.159. The molecule has 7 aromatic carbocycles. The van der Waals surface area contributed by atoms with Crippen LogP contribution in [0.5, 0.6) is 0 Å². The minimum atomic E-state index is 0.204. The maximum Gasteiger partial charge on any atom is 0.0433 e. The highest BCUT2D eigenvalue weighted by atomic mass is 32.1. The van der Waals surface area contributed by atoms with Crippen LogP contribution in [0.2, 0.25) is 0 Å². The van der Waals surface area contributed by atoms with Gasteiger partial charge in [-0.1, -0.05) is 170 Å². The van der Waals surface area contributed by atoms with E-state index in [1.54, 1.807) is 11.1 Å². The summed E-state index contributed by atoms with van der Waals surface area (Å²) in [6, 6.07) is 53.6. The van der Waals surface area contributed by atoms with Gasteiger partial charge in [-0.2, -0.15) is 0 Å². The minimum Gasteiger partial charge on any atom is -0.139 e. The summed E-state index contributed by atoms with van der Waals surface area (Å²) in [6.07, 6.45) is 24.8. The number of benzene rings is 7. The van der Waals surface area contributed by atoms with Crippen molar-refractivity contribution in [1.29, 1.82) is 0 Å². The van der Waals surface area contributed by atoms with Gasteiger partial charge >= 0.3 is 0 Å². The second-order valence-corrected chi connectivity index (χ2v) is 23.7. The molecule has 348 valence electrons. The van der Waals surface area contributed by atoms with Gasteiger partial charge in [0.15, 0.2) is 0 Å². The van der Waals surface area contributed by atoms with Crippen molar-refractivity contribution in [2.45, 2.75) is 71.6 Å². The van der Waals surface area contributed by atoms with Crippen molar-refractivity contribution < 1.29 is 0 Å². The van der Waals surface area contributed by atoms with Crippen molar-refractivity contribution in [3.63, 3.8) is 0 Å². The topological polar surface area (TPSA) is 0 Å². The summed E-state index contributed by atoms with van der Waals surface area (Å²) in [4.78, 5) is 4.49. The first kappa shape index (κ1) is 43.9. The van der Waals surface area contributed by atoms with E-state index < -0.39 is 0 Å². The van der Waals surface area contributed by atoms with Crippen molar-refractivity contribution in [2.24, 2.45) is 0 Å². The Hall–Kier alpha value is -6.88. The molecule has 0 spiro atoms. The number of rotatable bonds is 7. The quantitative estimate of drug-likeness (QED) is 0.149. The Morgan fingerprint density at radius 2 is 1.15 bits per heavy atom. The zero-order valence-corrected chi connectivity index (χ0v) is 43.5. The van der Waals surface area contributed by atoms with Crippen molar-refractivity contribution in [1.82, 2.24) is 0 Å². The summed E-state index contributed by atoms with van der Waals surface area (Å²) < 4.78 is 4.12. The summed E-state index contributed by atoms with van der Waals surface area (Å²) in [5.41, 5.74) is 25.9. The Bertz CT molecular complexity index is 4050. The largest absolute Gasteiger partial charge is 0.139 e. The predicted octanol–water partition coefficient (Wildman–Crippen LogP) is 20.2. The van der Waals surface area contributed by atoms with E-state index in [1.807, 2.05) is 34.0 Å². The first-order valence-electron chi connectivity index (χ1n) is 25.9. The van der Waals surface area contributed by atoms with Gasteiger partial charge in [-0.25, -0.2) is 0 Å². The van der Waals surface area contributed by atoms with Crippen LogP contribution in [0.4, 0.5) is 0 Å². The van der Waals surface area contributed by atoms with Gasteiger partial charge in [0.2, 0.25) is 0 Å². The molecule has 1 atom stereocenters. The number of hydrogen-bond acceptors (Lipinski definition) is 3. The second-order valence-electron chi connectivity index (χ2n) is 20.5. The molecule has 0 radical (unpaired) electrons. The average molecular weight is 979 g/mol. The molecule has 0 saturated heterocycles. The molecular weight excluding hydrogens is 925 g/mol. The van der Waals surface area contributed by atoms with Gasteiger partial charge in [0.25, 0.3) is 0 Å². The molecule has 3 heteroatoms. The number of fused-ring (bicyclic) bond motifs is 9. The third-order valence-corrected chi connectivity index (χ3v) is 19.9. The summed E-state index contributed by atoms with van der Waals surface area (Å²) in [5, 5.41) is 4.08. The van der Waals surface area contributed by atoms with Gasteiger partial charge < -0.3 is 0 Å². The van der Waals surface area contributed by atoms with Crippen molar-refractivity contribution in [3.05, 3.63) is 240 Å². The molecule has 14 rings (SSSR count). The highest BCUT2D eigenvalue weighted by Gasteiger charge is 2.26. The van der Waals surface area contributed by atoms with Gasteiger partial charge in [0, 0.05) is 50.8 Å². The van der Waals surface area contributed by atoms with E-state index in [9.17, 15) is 0 Å². The molecule has 0 aliphatic heterocycles. The van der Waals surface area contributed by atoms with Crippen molar-refractivity contribution >= 4 is 93.1 Å². The van der Waals surface area contributed by atoms with Crippen LogP contribution in [0.1, 0.15) is 102 Å². The van der Waals surface area contributed by atoms with Gasteiger partial charge in [0.1, 0.15) is 0 Å². The molecule has 0 saturated carbocycles. The van der Waals surface area contributed by atoms with Crippen LogP contribution in [-0.2, 0) is 19.3 Å². The Labute approximate surface area is 435 Å². The zero-order chi connectivity index (χ0) is 48.0. The summed E-state index contributed by atoms with van der Waals surface area (Å²) in [5.74, 6) is 0.204. The molecule has 4 aliphatic rings. The molecule has 0 bridgehead atoms. The second kappa shape index (κ2) is 17.7. The fourth-order valence-electron chi connectivity index (χ4n) is 12.5. The number of thiophene rings is 3. The molecule has 10 aromatic rings. The first-order chi connectivity index (χ1) is 35.4. The molecule has 3 heterocycles. The van der Waals surface area contributed by atoms with E-state index in [4.69, 9.17) is 0 Å².